The second kappa shape index (κ2) is 6.10. The van der Waals surface area contributed by atoms with Crippen molar-refractivity contribution < 1.29 is 4.74 Å². The van der Waals surface area contributed by atoms with E-state index in [1.165, 1.54) is 41.5 Å². The van der Waals surface area contributed by atoms with Gasteiger partial charge < -0.3 is 10.1 Å². The molecule has 1 aliphatic rings. The Morgan fingerprint density at radius 1 is 0.950 bits per heavy atom. The van der Waals surface area contributed by atoms with Gasteiger partial charge >= 0.3 is 0 Å². The minimum absolute atomic E-state index is 0.638. The maximum Gasteiger partial charge on any atom is 0.120 e. The highest BCUT2D eigenvalue weighted by Crippen LogP contribution is 2.26. The number of hydrogen-bond donors (Lipinski definition) is 1. The molecule has 2 aromatic rings. The molecular formula is C18H21NO. The fourth-order valence-electron chi connectivity index (χ4n) is 2.76. The van der Waals surface area contributed by atoms with Crippen molar-refractivity contribution in [3.63, 3.8) is 0 Å². The molecule has 20 heavy (non-hydrogen) atoms. The van der Waals surface area contributed by atoms with Crippen molar-refractivity contribution in [3.8, 4) is 5.75 Å². The molecule has 1 N–H and O–H groups in total. The number of ether oxygens (including phenoxy) is 1. The average molecular weight is 267 g/mol. The first-order chi connectivity index (χ1) is 9.85. The SMILES string of the molecule is CNCc1ccc(COc2ccc3c(c2)CCC3)cc1. The number of nitrogens with one attached hydrogen (secondary N) is 1. The Morgan fingerprint density at radius 2 is 1.70 bits per heavy atom. The largest absolute Gasteiger partial charge is 0.489 e. The third-order valence-corrected chi connectivity index (χ3v) is 3.88. The number of rotatable bonds is 5. The number of hydrogen-bond acceptors (Lipinski definition) is 2. The van der Waals surface area contributed by atoms with Crippen LogP contribution in [-0.2, 0) is 26.0 Å². The molecule has 2 nitrogen and oxygen atoms in total. The van der Waals surface area contributed by atoms with Crippen LogP contribution in [0, 0.1) is 0 Å². The Bertz CT molecular complexity index is 574. The van der Waals surface area contributed by atoms with Gasteiger partial charge in [0.05, 0.1) is 0 Å². The lowest BCUT2D eigenvalue weighted by Crippen LogP contribution is -2.05. The fraction of sp³-hybridized carbons (Fsp3) is 0.333. The summed E-state index contributed by atoms with van der Waals surface area (Å²) < 4.78 is 5.90. The molecule has 0 spiro atoms. The van der Waals surface area contributed by atoms with E-state index in [1.807, 2.05) is 7.05 Å². The topological polar surface area (TPSA) is 21.3 Å². The summed E-state index contributed by atoms with van der Waals surface area (Å²) in [4.78, 5) is 0. The second-order valence-electron chi connectivity index (χ2n) is 5.42. The van der Waals surface area contributed by atoms with Gasteiger partial charge in [-0.3, -0.25) is 0 Å². The van der Waals surface area contributed by atoms with Gasteiger partial charge in [-0.1, -0.05) is 30.3 Å². The molecule has 0 unspecified atom stereocenters. The predicted octanol–water partition coefficient (Wildman–Crippen LogP) is 3.47. The van der Waals surface area contributed by atoms with Crippen molar-refractivity contribution in [2.75, 3.05) is 7.05 Å². The Balaban J connectivity index is 1.61. The van der Waals surface area contributed by atoms with Crippen LogP contribution in [0.4, 0.5) is 0 Å². The van der Waals surface area contributed by atoms with Crippen LogP contribution in [0.1, 0.15) is 28.7 Å². The standard InChI is InChI=1S/C18H21NO/c1-19-12-14-5-7-15(8-6-14)13-20-18-10-9-16-3-2-4-17(16)11-18/h5-11,19H,2-4,12-13H2,1H3. The zero-order valence-corrected chi connectivity index (χ0v) is 12.0. The Hall–Kier alpha value is -1.80. The first-order valence-electron chi connectivity index (χ1n) is 7.32. The van der Waals surface area contributed by atoms with Crippen LogP contribution < -0.4 is 10.1 Å². The Morgan fingerprint density at radius 3 is 2.50 bits per heavy atom. The molecule has 2 aromatic carbocycles. The van der Waals surface area contributed by atoms with Crippen molar-refractivity contribution in [2.45, 2.75) is 32.4 Å². The van der Waals surface area contributed by atoms with E-state index >= 15 is 0 Å². The fourth-order valence-corrected chi connectivity index (χ4v) is 2.76. The normalized spacial score (nSPS) is 13.2. The first-order valence-corrected chi connectivity index (χ1v) is 7.32. The predicted molar refractivity (Wildman–Crippen MR) is 82.0 cm³/mol. The molecule has 0 fully saturated rings. The Labute approximate surface area is 120 Å². The third-order valence-electron chi connectivity index (χ3n) is 3.88. The monoisotopic (exact) mass is 267 g/mol. The van der Waals surface area contributed by atoms with Crippen LogP contribution in [0.15, 0.2) is 42.5 Å². The molecule has 0 radical (unpaired) electrons. The summed E-state index contributed by atoms with van der Waals surface area (Å²) in [5.41, 5.74) is 5.47. The van der Waals surface area contributed by atoms with Crippen molar-refractivity contribution in [1.29, 1.82) is 0 Å². The molecule has 0 saturated carbocycles. The number of benzene rings is 2. The summed E-state index contributed by atoms with van der Waals surface area (Å²) in [5.74, 6) is 0.991. The van der Waals surface area contributed by atoms with Gasteiger partial charge in [0.1, 0.15) is 12.4 Å². The molecular weight excluding hydrogens is 246 g/mol. The van der Waals surface area contributed by atoms with Crippen LogP contribution in [0.25, 0.3) is 0 Å². The van der Waals surface area contributed by atoms with E-state index in [4.69, 9.17) is 4.74 Å². The van der Waals surface area contributed by atoms with Gasteiger partial charge in [-0.05, 0) is 60.7 Å². The minimum atomic E-state index is 0.638. The lowest BCUT2D eigenvalue weighted by atomic mass is 10.1. The van der Waals surface area contributed by atoms with Crippen LogP contribution in [-0.4, -0.2) is 7.05 Å². The van der Waals surface area contributed by atoms with Crippen LogP contribution in [0.3, 0.4) is 0 Å². The maximum absolute atomic E-state index is 5.90. The van der Waals surface area contributed by atoms with E-state index in [0.29, 0.717) is 6.61 Å². The molecule has 2 heteroatoms. The summed E-state index contributed by atoms with van der Waals surface area (Å²) in [7, 11) is 1.96. The zero-order valence-electron chi connectivity index (χ0n) is 12.0. The number of fused-ring (bicyclic) bond motifs is 1. The first kappa shape index (κ1) is 13.2. The van der Waals surface area contributed by atoms with E-state index in [1.54, 1.807) is 0 Å². The van der Waals surface area contributed by atoms with E-state index in [0.717, 1.165) is 12.3 Å². The van der Waals surface area contributed by atoms with E-state index < -0.39 is 0 Å². The summed E-state index contributed by atoms with van der Waals surface area (Å²) in [5, 5.41) is 3.15. The van der Waals surface area contributed by atoms with E-state index in [-0.39, 0.29) is 0 Å². The molecule has 0 amide bonds. The van der Waals surface area contributed by atoms with E-state index in [2.05, 4.69) is 47.8 Å². The quantitative estimate of drug-likeness (QED) is 0.895. The van der Waals surface area contributed by atoms with Crippen LogP contribution >= 0.6 is 0 Å². The molecule has 104 valence electrons. The van der Waals surface area contributed by atoms with Crippen molar-refractivity contribution in [1.82, 2.24) is 5.32 Å². The lowest BCUT2D eigenvalue weighted by molar-refractivity contribution is 0.306. The maximum atomic E-state index is 5.90. The van der Waals surface area contributed by atoms with Gasteiger partial charge in [0.2, 0.25) is 0 Å². The zero-order chi connectivity index (χ0) is 13.8. The van der Waals surface area contributed by atoms with Crippen LogP contribution in [0.5, 0.6) is 5.75 Å². The highest BCUT2D eigenvalue weighted by Gasteiger charge is 2.11. The average Bonchev–Trinajstić information content (AvgIpc) is 2.94. The summed E-state index contributed by atoms with van der Waals surface area (Å²) in [6.07, 6.45) is 3.71. The van der Waals surface area contributed by atoms with Crippen LogP contribution in [0.2, 0.25) is 0 Å². The molecule has 0 bridgehead atoms. The summed E-state index contributed by atoms with van der Waals surface area (Å²) >= 11 is 0. The lowest BCUT2D eigenvalue weighted by Gasteiger charge is -2.09. The van der Waals surface area contributed by atoms with Gasteiger partial charge in [-0.15, -0.1) is 0 Å². The molecule has 3 rings (SSSR count). The molecule has 0 aromatic heterocycles. The number of aryl methyl sites for hydroxylation is 2. The summed E-state index contributed by atoms with van der Waals surface area (Å²) in [6.45, 7) is 1.55. The molecule has 0 atom stereocenters. The van der Waals surface area contributed by atoms with Gasteiger partial charge in [-0.2, -0.15) is 0 Å². The highest BCUT2D eigenvalue weighted by molar-refractivity contribution is 5.38. The summed E-state index contributed by atoms with van der Waals surface area (Å²) in [6, 6.07) is 15.1. The molecule has 1 aliphatic carbocycles. The minimum Gasteiger partial charge on any atom is -0.489 e. The van der Waals surface area contributed by atoms with Crippen molar-refractivity contribution in [2.24, 2.45) is 0 Å². The van der Waals surface area contributed by atoms with Gasteiger partial charge in [-0.25, -0.2) is 0 Å². The van der Waals surface area contributed by atoms with Crippen molar-refractivity contribution >= 4 is 0 Å². The smallest absolute Gasteiger partial charge is 0.120 e. The highest BCUT2D eigenvalue weighted by atomic mass is 16.5. The van der Waals surface area contributed by atoms with E-state index in [9.17, 15) is 0 Å². The van der Waals surface area contributed by atoms with Gasteiger partial charge in [0, 0.05) is 6.54 Å². The van der Waals surface area contributed by atoms with Crippen molar-refractivity contribution in [3.05, 3.63) is 64.7 Å². The third kappa shape index (κ3) is 3.02. The molecule has 0 heterocycles. The molecule has 0 saturated heterocycles. The van der Waals surface area contributed by atoms with Gasteiger partial charge in [0.25, 0.3) is 0 Å². The Kier molecular flexibility index (Phi) is 4.03. The molecule has 0 aliphatic heterocycles. The van der Waals surface area contributed by atoms with Gasteiger partial charge in [0.15, 0.2) is 0 Å². The second-order valence-corrected chi connectivity index (χ2v) is 5.42.